The average Bonchev–Trinajstić information content (AvgIpc) is 2.80. The third kappa shape index (κ3) is 4.52. The van der Waals surface area contributed by atoms with Crippen LogP contribution in [0.15, 0.2) is 6.20 Å². The van der Waals surface area contributed by atoms with Crippen molar-refractivity contribution in [2.24, 2.45) is 11.7 Å². The van der Waals surface area contributed by atoms with Crippen molar-refractivity contribution in [1.82, 2.24) is 20.3 Å². The molecule has 1 rings (SSSR count). The van der Waals surface area contributed by atoms with Crippen molar-refractivity contribution in [1.29, 1.82) is 0 Å². The molecule has 0 atom stereocenters. The van der Waals surface area contributed by atoms with Crippen LogP contribution >= 0.6 is 0 Å². The molecule has 17 heavy (non-hydrogen) atoms. The molecule has 0 unspecified atom stereocenters. The SMILES string of the molecule is CCC(CC)Cn1cc(CNC(=O)CN)nn1. The number of aromatic nitrogens is 3. The second-order valence-corrected chi connectivity index (χ2v) is 4.10. The molecule has 1 aromatic rings. The first kappa shape index (κ1) is 13.6. The molecule has 6 nitrogen and oxygen atoms in total. The number of nitrogens with one attached hydrogen (secondary N) is 1. The Kier molecular flexibility index (Phi) is 5.62. The Labute approximate surface area is 102 Å². The molecule has 0 saturated heterocycles. The Hall–Kier alpha value is -1.43. The zero-order chi connectivity index (χ0) is 12.7. The van der Waals surface area contributed by atoms with Crippen LogP contribution in [0.5, 0.6) is 0 Å². The maximum absolute atomic E-state index is 11.0. The van der Waals surface area contributed by atoms with Gasteiger partial charge in [0.05, 0.1) is 19.3 Å². The van der Waals surface area contributed by atoms with E-state index in [0.717, 1.165) is 25.1 Å². The Morgan fingerprint density at radius 3 is 2.82 bits per heavy atom. The van der Waals surface area contributed by atoms with E-state index >= 15 is 0 Å². The summed E-state index contributed by atoms with van der Waals surface area (Å²) < 4.78 is 1.83. The second-order valence-electron chi connectivity index (χ2n) is 4.10. The third-order valence-corrected chi connectivity index (χ3v) is 2.84. The van der Waals surface area contributed by atoms with Crippen LogP contribution in [0.25, 0.3) is 0 Å². The van der Waals surface area contributed by atoms with Crippen molar-refractivity contribution in [3.63, 3.8) is 0 Å². The fourth-order valence-corrected chi connectivity index (χ4v) is 1.58. The van der Waals surface area contributed by atoms with Gasteiger partial charge in [0.25, 0.3) is 0 Å². The van der Waals surface area contributed by atoms with Crippen LogP contribution in [0.3, 0.4) is 0 Å². The van der Waals surface area contributed by atoms with Gasteiger partial charge in [0.15, 0.2) is 0 Å². The lowest BCUT2D eigenvalue weighted by atomic mass is 10.0. The quantitative estimate of drug-likeness (QED) is 0.716. The first-order valence-corrected chi connectivity index (χ1v) is 6.05. The fraction of sp³-hybridized carbons (Fsp3) is 0.727. The van der Waals surface area contributed by atoms with E-state index in [-0.39, 0.29) is 12.5 Å². The molecule has 0 spiro atoms. The molecule has 0 radical (unpaired) electrons. The monoisotopic (exact) mass is 239 g/mol. The van der Waals surface area contributed by atoms with E-state index in [9.17, 15) is 4.79 Å². The van der Waals surface area contributed by atoms with Gasteiger partial charge in [-0.3, -0.25) is 9.48 Å². The molecule has 96 valence electrons. The van der Waals surface area contributed by atoms with Crippen LogP contribution in [0, 0.1) is 5.92 Å². The van der Waals surface area contributed by atoms with Crippen LogP contribution in [0.1, 0.15) is 32.4 Å². The predicted molar refractivity (Wildman–Crippen MR) is 65.0 cm³/mol. The van der Waals surface area contributed by atoms with Gasteiger partial charge in [-0.1, -0.05) is 31.9 Å². The van der Waals surface area contributed by atoms with Crippen molar-refractivity contribution in [3.8, 4) is 0 Å². The molecular weight excluding hydrogens is 218 g/mol. The highest BCUT2D eigenvalue weighted by Crippen LogP contribution is 2.09. The minimum Gasteiger partial charge on any atom is -0.349 e. The number of hydrogen-bond donors (Lipinski definition) is 2. The van der Waals surface area contributed by atoms with E-state index in [0.29, 0.717) is 12.5 Å². The zero-order valence-corrected chi connectivity index (χ0v) is 10.5. The number of carbonyl (C=O) groups is 1. The maximum Gasteiger partial charge on any atom is 0.234 e. The van der Waals surface area contributed by atoms with Gasteiger partial charge in [-0.05, 0) is 5.92 Å². The smallest absolute Gasteiger partial charge is 0.234 e. The van der Waals surface area contributed by atoms with E-state index in [4.69, 9.17) is 5.73 Å². The summed E-state index contributed by atoms with van der Waals surface area (Å²) in [4.78, 5) is 11.0. The van der Waals surface area contributed by atoms with E-state index in [1.807, 2.05) is 10.9 Å². The maximum atomic E-state index is 11.0. The summed E-state index contributed by atoms with van der Waals surface area (Å²) in [5.74, 6) is 0.447. The molecule has 1 heterocycles. The molecule has 3 N–H and O–H groups in total. The minimum absolute atomic E-state index is 0.00187. The molecule has 0 saturated carbocycles. The highest BCUT2D eigenvalue weighted by molar-refractivity contribution is 5.77. The summed E-state index contributed by atoms with van der Waals surface area (Å²) in [7, 11) is 0. The summed E-state index contributed by atoms with van der Waals surface area (Å²) in [6, 6.07) is 0. The number of hydrogen-bond acceptors (Lipinski definition) is 4. The summed E-state index contributed by atoms with van der Waals surface area (Å²) in [5.41, 5.74) is 5.95. The first-order valence-electron chi connectivity index (χ1n) is 6.05. The van der Waals surface area contributed by atoms with Crippen LogP contribution in [0.4, 0.5) is 0 Å². The van der Waals surface area contributed by atoms with Crippen molar-refractivity contribution < 1.29 is 4.79 Å². The standard InChI is InChI=1S/C11H21N5O/c1-3-9(4-2)7-16-8-10(14-15-16)6-13-11(17)5-12/h8-9H,3-7,12H2,1-2H3,(H,13,17). The van der Waals surface area contributed by atoms with E-state index in [2.05, 4.69) is 29.5 Å². The number of rotatable bonds is 7. The fourth-order valence-electron chi connectivity index (χ4n) is 1.58. The topological polar surface area (TPSA) is 85.8 Å². The van der Waals surface area contributed by atoms with Crippen molar-refractivity contribution >= 4 is 5.91 Å². The van der Waals surface area contributed by atoms with E-state index < -0.39 is 0 Å². The molecule has 0 fully saturated rings. The Morgan fingerprint density at radius 2 is 2.24 bits per heavy atom. The molecule has 6 heteroatoms. The van der Waals surface area contributed by atoms with Crippen LogP contribution in [0.2, 0.25) is 0 Å². The lowest BCUT2D eigenvalue weighted by molar-refractivity contribution is -0.119. The zero-order valence-electron chi connectivity index (χ0n) is 10.5. The number of nitrogens with two attached hydrogens (primary N) is 1. The second kappa shape index (κ2) is 7.01. The highest BCUT2D eigenvalue weighted by Gasteiger charge is 2.07. The number of nitrogens with zero attached hydrogens (tertiary/aromatic N) is 3. The van der Waals surface area contributed by atoms with Crippen LogP contribution < -0.4 is 11.1 Å². The van der Waals surface area contributed by atoms with E-state index in [1.54, 1.807) is 0 Å². The Bertz CT molecular complexity index is 345. The summed E-state index contributed by atoms with van der Waals surface area (Å²) in [5, 5.41) is 10.7. The first-order chi connectivity index (χ1) is 8.19. The van der Waals surface area contributed by atoms with Crippen molar-refractivity contribution in [2.75, 3.05) is 6.54 Å². The van der Waals surface area contributed by atoms with Gasteiger partial charge in [-0.15, -0.1) is 5.10 Å². The lowest BCUT2D eigenvalue weighted by Crippen LogP contribution is -2.29. The minimum atomic E-state index is -0.181. The van der Waals surface area contributed by atoms with E-state index in [1.165, 1.54) is 0 Å². The molecule has 0 aromatic carbocycles. The van der Waals surface area contributed by atoms with Gasteiger partial charge in [0.1, 0.15) is 5.69 Å². The average molecular weight is 239 g/mol. The van der Waals surface area contributed by atoms with Gasteiger partial charge in [0, 0.05) is 6.54 Å². The lowest BCUT2D eigenvalue weighted by Gasteiger charge is -2.10. The van der Waals surface area contributed by atoms with Crippen LogP contribution in [-0.4, -0.2) is 27.4 Å². The Balaban J connectivity index is 2.44. The van der Waals surface area contributed by atoms with Gasteiger partial charge in [-0.25, -0.2) is 0 Å². The molecule has 0 aliphatic rings. The Morgan fingerprint density at radius 1 is 1.53 bits per heavy atom. The molecule has 0 bridgehead atoms. The molecular formula is C11H21N5O. The molecule has 1 amide bonds. The third-order valence-electron chi connectivity index (χ3n) is 2.84. The summed E-state index contributed by atoms with van der Waals surface area (Å²) in [6.07, 6.45) is 4.14. The van der Waals surface area contributed by atoms with Crippen molar-refractivity contribution in [3.05, 3.63) is 11.9 Å². The number of carbonyl (C=O) groups excluding carboxylic acids is 1. The molecule has 0 aliphatic carbocycles. The van der Waals surface area contributed by atoms with Crippen molar-refractivity contribution in [2.45, 2.75) is 39.8 Å². The van der Waals surface area contributed by atoms with Gasteiger partial charge in [-0.2, -0.15) is 0 Å². The molecule has 0 aliphatic heterocycles. The number of amides is 1. The predicted octanol–water partition coefficient (Wildman–Crippen LogP) is 0.289. The summed E-state index contributed by atoms with van der Waals surface area (Å²) in [6.45, 7) is 5.62. The van der Waals surface area contributed by atoms with Gasteiger partial charge in [0.2, 0.25) is 5.91 Å². The normalized spacial score (nSPS) is 10.8. The highest BCUT2D eigenvalue weighted by atomic mass is 16.1. The summed E-state index contributed by atoms with van der Waals surface area (Å²) >= 11 is 0. The van der Waals surface area contributed by atoms with Crippen LogP contribution in [-0.2, 0) is 17.9 Å². The van der Waals surface area contributed by atoms with Gasteiger partial charge < -0.3 is 11.1 Å². The molecule has 1 aromatic heterocycles. The van der Waals surface area contributed by atoms with Gasteiger partial charge >= 0.3 is 0 Å². The largest absolute Gasteiger partial charge is 0.349 e.